The predicted octanol–water partition coefficient (Wildman–Crippen LogP) is 3.27. The van der Waals surface area contributed by atoms with Gasteiger partial charge in [0.15, 0.2) is 0 Å². The minimum atomic E-state index is -4.62. The topological polar surface area (TPSA) is 102 Å². The summed E-state index contributed by atoms with van der Waals surface area (Å²) in [6.45, 7) is 2.37. The molecule has 9 nitrogen and oxygen atoms in total. The predicted molar refractivity (Wildman–Crippen MR) is 117 cm³/mol. The minimum absolute atomic E-state index is 0.00512. The largest absolute Gasteiger partial charge is 0.473 e. The Balaban J connectivity index is 1.49. The standard InChI is InChI=1S/C23H20F3N5O4/c1-30-21(31-6-8-33-9-7-31)12-20(29-22(30)32)34-14-15-2-3-18(16(10-15)13-27)35-17-4-5-28-19(11-17)23(24,25)26/h2-5,10-12H,6-9,14H2,1H3. The Bertz CT molecular complexity index is 1310. The van der Waals surface area contributed by atoms with Gasteiger partial charge < -0.3 is 19.1 Å². The molecule has 0 saturated carbocycles. The van der Waals surface area contributed by atoms with Crippen LogP contribution in [0.15, 0.2) is 47.4 Å². The lowest BCUT2D eigenvalue weighted by atomic mass is 10.1. The number of ether oxygens (including phenoxy) is 3. The van der Waals surface area contributed by atoms with E-state index in [4.69, 9.17) is 14.2 Å². The number of alkyl halides is 3. The van der Waals surface area contributed by atoms with Crippen molar-refractivity contribution in [1.82, 2.24) is 14.5 Å². The highest BCUT2D eigenvalue weighted by atomic mass is 19.4. The summed E-state index contributed by atoms with van der Waals surface area (Å²) in [4.78, 5) is 21.5. The van der Waals surface area contributed by atoms with E-state index in [1.807, 2.05) is 11.0 Å². The molecular weight excluding hydrogens is 467 g/mol. The Hall–Kier alpha value is -4.11. The number of nitriles is 1. The van der Waals surface area contributed by atoms with E-state index in [2.05, 4.69) is 9.97 Å². The van der Waals surface area contributed by atoms with Crippen molar-refractivity contribution in [3.05, 3.63) is 69.9 Å². The summed E-state index contributed by atoms with van der Waals surface area (Å²) in [5.74, 6) is 0.759. The van der Waals surface area contributed by atoms with E-state index in [9.17, 15) is 23.2 Å². The van der Waals surface area contributed by atoms with Gasteiger partial charge >= 0.3 is 11.9 Å². The van der Waals surface area contributed by atoms with Crippen LogP contribution in [0.3, 0.4) is 0 Å². The Morgan fingerprint density at radius 2 is 1.94 bits per heavy atom. The number of pyridine rings is 1. The molecule has 1 aliphatic rings. The van der Waals surface area contributed by atoms with Gasteiger partial charge in [0, 0.05) is 38.5 Å². The fraction of sp³-hybridized carbons (Fsp3) is 0.304. The lowest BCUT2D eigenvalue weighted by molar-refractivity contribution is -0.141. The van der Waals surface area contributed by atoms with Gasteiger partial charge in [-0.15, -0.1) is 0 Å². The normalized spacial score (nSPS) is 13.9. The molecule has 4 rings (SSSR count). The van der Waals surface area contributed by atoms with E-state index in [0.717, 1.165) is 12.3 Å². The SMILES string of the molecule is Cn1c(N2CCOCC2)cc(OCc2ccc(Oc3ccnc(C(F)(F)F)c3)c(C#N)c2)nc1=O. The first kappa shape index (κ1) is 24.0. The van der Waals surface area contributed by atoms with Crippen LogP contribution >= 0.6 is 0 Å². The Morgan fingerprint density at radius 3 is 2.66 bits per heavy atom. The molecule has 2 aromatic heterocycles. The quantitative estimate of drug-likeness (QED) is 0.522. The lowest BCUT2D eigenvalue weighted by Gasteiger charge is -2.29. The van der Waals surface area contributed by atoms with Gasteiger partial charge in [-0.2, -0.15) is 23.4 Å². The van der Waals surface area contributed by atoms with Crippen molar-refractivity contribution in [3.63, 3.8) is 0 Å². The second kappa shape index (κ2) is 10.0. The van der Waals surface area contributed by atoms with Crippen LogP contribution < -0.4 is 20.1 Å². The summed E-state index contributed by atoms with van der Waals surface area (Å²) in [5.41, 5.74) is -0.894. The average molecular weight is 487 g/mol. The maximum absolute atomic E-state index is 12.9. The number of morpholine rings is 1. The monoisotopic (exact) mass is 487 g/mol. The zero-order valence-electron chi connectivity index (χ0n) is 18.6. The van der Waals surface area contributed by atoms with Crippen molar-refractivity contribution in [2.24, 2.45) is 7.05 Å². The molecule has 1 aromatic carbocycles. The number of benzene rings is 1. The summed E-state index contributed by atoms with van der Waals surface area (Å²) in [6.07, 6.45) is -3.64. The van der Waals surface area contributed by atoms with Crippen molar-refractivity contribution in [2.45, 2.75) is 12.8 Å². The number of hydrogen-bond acceptors (Lipinski definition) is 8. The molecule has 0 atom stereocenters. The Kier molecular flexibility index (Phi) is 6.88. The summed E-state index contributed by atoms with van der Waals surface area (Å²) in [7, 11) is 1.63. The maximum atomic E-state index is 12.9. The third kappa shape index (κ3) is 5.70. The molecule has 1 aliphatic heterocycles. The molecule has 0 bridgehead atoms. The molecule has 0 amide bonds. The number of rotatable bonds is 6. The van der Waals surface area contributed by atoms with E-state index in [1.165, 1.54) is 22.8 Å². The van der Waals surface area contributed by atoms with Crippen LogP contribution in [0.2, 0.25) is 0 Å². The maximum Gasteiger partial charge on any atom is 0.433 e. The fourth-order valence-corrected chi connectivity index (χ4v) is 3.43. The first-order valence-electron chi connectivity index (χ1n) is 10.5. The van der Waals surface area contributed by atoms with Gasteiger partial charge in [-0.3, -0.25) is 9.55 Å². The number of anilines is 1. The van der Waals surface area contributed by atoms with Gasteiger partial charge in [0.1, 0.15) is 35.7 Å². The molecule has 182 valence electrons. The van der Waals surface area contributed by atoms with E-state index in [0.29, 0.717) is 37.7 Å². The summed E-state index contributed by atoms with van der Waals surface area (Å²) in [5, 5.41) is 9.50. The van der Waals surface area contributed by atoms with Crippen LogP contribution in [0.25, 0.3) is 0 Å². The second-order valence-corrected chi connectivity index (χ2v) is 7.60. The highest BCUT2D eigenvalue weighted by Crippen LogP contribution is 2.32. The van der Waals surface area contributed by atoms with Gasteiger partial charge in [-0.05, 0) is 23.8 Å². The minimum Gasteiger partial charge on any atom is -0.473 e. The van der Waals surface area contributed by atoms with Gasteiger partial charge in [0.2, 0.25) is 5.88 Å². The lowest BCUT2D eigenvalue weighted by Crippen LogP contribution is -2.39. The summed E-state index contributed by atoms with van der Waals surface area (Å²) >= 11 is 0. The van der Waals surface area contributed by atoms with Gasteiger partial charge in [-0.25, -0.2) is 4.79 Å². The van der Waals surface area contributed by atoms with E-state index in [1.54, 1.807) is 19.2 Å². The Labute approximate surface area is 197 Å². The molecule has 0 unspecified atom stereocenters. The van der Waals surface area contributed by atoms with Crippen LogP contribution in [-0.2, 0) is 24.6 Å². The van der Waals surface area contributed by atoms with Gasteiger partial charge in [0.25, 0.3) is 0 Å². The van der Waals surface area contributed by atoms with Crippen molar-refractivity contribution in [1.29, 1.82) is 5.26 Å². The highest BCUT2D eigenvalue weighted by Gasteiger charge is 2.32. The van der Waals surface area contributed by atoms with Gasteiger partial charge in [-0.1, -0.05) is 6.07 Å². The molecule has 0 radical (unpaired) electrons. The van der Waals surface area contributed by atoms with Crippen LogP contribution in [0.5, 0.6) is 17.4 Å². The molecule has 0 aliphatic carbocycles. The number of halogens is 3. The third-order valence-corrected chi connectivity index (χ3v) is 5.22. The third-order valence-electron chi connectivity index (χ3n) is 5.22. The zero-order chi connectivity index (χ0) is 25.0. The van der Waals surface area contributed by atoms with Gasteiger partial charge in [0.05, 0.1) is 18.8 Å². The zero-order valence-corrected chi connectivity index (χ0v) is 18.6. The molecule has 12 heteroatoms. The van der Waals surface area contributed by atoms with Crippen LogP contribution in [0, 0.1) is 11.3 Å². The first-order valence-corrected chi connectivity index (χ1v) is 10.5. The van der Waals surface area contributed by atoms with Crippen molar-refractivity contribution >= 4 is 5.82 Å². The van der Waals surface area contributed by atoms with Crippen molar-refractivity contribution in [2.75, 3.05) is 31.2 Å². The van der Waals surface area contributed by atoms with Crippen molar-refractivity contribution in [3.8, 4) is 23.4 Å². The molecule has 3 aromatic rings. The summed E-state index contributed by atoms with van der Waals surface area (Å²) in [6, 6.07) is 10.2. The number of aromatic nitrogens is 3. The van der Waals surface area contributed by atoms with Crippen LogP contribution in [0.4, 0.5) is 19.0 Å². The molecular formula is C23H20F3N5O4. The number of hydrogen-bond donors (Lipinski definition) is 0. The average Bonchev–Trinajstić information content (AvgIpc) is 2.85. The van der Waals surface area contributed by atoms with Crippen LogP contribution in [-0.4, -0.2) is 40.8 Å². The summed E-state index contributed by atoms with van der Waals surface area (Å²) < 4.78 is 56.6. The van der Waals surface area contributed by atoms with E-state index < -0.39 is 17.6 Å². The highest BCUT2D eigenvalue weighted by molar-refractivity contribution is 5.48. The fourth-order valence-electron chi connectivity index (χ4n) is 3.43. The van der Waals surface area contributed by atoms with E-state index >= 15 is 0 Å². The van der Waals surface area contributed by atoms with Crippen LogP contribution in [0.1, 0.15) is 16.8 Å². The second-order valence-electron chi connectivity index (χ2n) is 7.60. The number of nitrogens with zero attached hydrogens (tertiary/aromatic N) is 5. The molecule has 0 N–H and O–H groups in total. The molecule has 3 heterocycles. The first-order chi connectivity index (χ1) is 16.7. The molecule has 0 spiro atoms. The van der Waals surface area contributed by atoms with Crippen molar-refractivity contribution < 1.29 is 27.4 Å². The Morgan fingerprint density at radius 1 is 1.17 bits per heavy atom. The molecule has 35 heavy (non-hydrogen) atoms. The smallest absolute Gasteiger partial charge is 0.433 e. The molecule has 1 fully saturated rings. The van der Waals surface area contributed by atoms with E-state index in [-0.39, 0.29) is 29.5 Å². The molecule has 1 saturated heterocycles.